The first-order chi connectivity index (χ1) is 14.0. The number of ether oxygens (including phenoxy) is 1. The Labute approximate surface area is 177 Å². The van der Waals surface area contributed by atoms with Crippen molar-refractivity contribution in [1.29, 1.82) is 0 Å². The van der Waals surface area contributed by atoms with Gasteiger partial charge in [-0.25, -0.2) is 0 Å². The molecule has 0 saturated carbocycles. The minimum absolute atomic E-state index is 0.0130. The minimum Gasteiger partial charge on any atom is -0.496 e. The summed E-state index contributed by atoms with van der Waals surface area (Å²) in [6.07, 6.45) is 2.10. The molecular weight excluding hydrogens is 388 g/mol. The molecule has 1 fully saturated rings. The zero-order valence-electron chi connectivity index (χ0n) is 16.9. The van der Waals surface area contributed by atoms with E-state index in [2.05, 4.69) is 5.32 Å². The molecule has 1 saturated heterocycles. The molecule has 29 heavy (non-hydrogen) atoms. The van der Waals surface area contributed by atoms with E-state index in [1.807, 2.05) is 36.1 Å². The molecule has 1 atom stereocenters. The second-order valence-electron chi connectivity index (χ2n) is 7.28. The van der Waals surface area contributed by atoms with E-state index in [0.717, 1.165) is 17.7 Å². The number of rotatable bonds is 6. The van der Waals surface area contributed by atoms with E-state index in [-0.39, 0.29) is 23.8 Å². The first-order valence-corrected chi connectivity index (χ1v) is 10.4. The highest BCUT2D eigenvalue weighted by atomic mass is 35.5. The molecule has 6 heteroatoms. The van der Waals surface area contributed by atoms with Crippen molar-refractivity contribution in [2.45, 2.75) is 32.2 Å². The molecule has 3 rings (SSSR count). The van der Waals surface area contributed by atoms with Gasteiger partial charge in [0.2, 0.25) is 5.91 Å². The van der Waals surface area contributed by atoms with Crippen molar-refractivity contribution in [3.63, 3.8) is 0 Å². The first kappa shape index (κ1) is 21.2. The van der Waals surface area contributed by atoms with Crippen molar-refractivity contribution < 1.29 is 14.3 Å². The topological polar surface area (TPSA) is 58.6 Å². The maximum absolute atomic E-state index is 12.9. The summed E-state index contributed by atoms with van der Waals surface area (Å²) < 4.78 is 5.44. The average Bonchev–Trinajstić information content (AvgIpc) is 2.77. The molecular formula is C23H27ClN2O3. The number of halogens is 1. The second kappa shape index (κ2) is 9.79. The Kier molecular flexibility index (Phi) is 7.15. The van der Waals surface area contributed by atoms with Crippen LogP contribution < -0.4 is 10.1 Å². The van der Waals surface area contributed by atoms with Gasteiger partial charge in [0.05, 0.1) is 13.2 Å². The molecule has 2 aromatic carbocycles. The molecule has 0 spiro atoms. The molecule has 0 radical (unpaired) electrons. The molecule has 154 valence electrons. The number of para-hydroxylation sites is 1. The minimum atomic E-state index is -0.0904. The van der Waals surface area contributed by atoms with Gasteiger partial charge in [0, 0.05) is 35.2 Å². The summed E-state index contributed by atoms with van der Waals surface area (Å²) in [5.41, 5.74) is 1.61. The summed E-state index contributed by atoms with van der Waals surface area (Å²) >= 11 is 5.90. The molecule has 2 amide bonds. The maximum atomic E-state index is 12.9. The quantitative estimate of drug-likeness (QED) is 0.758. The van der Waals surface area contributed by atoms with Gasteiger partial charge in [-0.2, -0.15) is 0 Å². The van der Waals surface area contributed by atoms with Gasteiger partial charge in [0.25, 0.3) is 5.91 Å². The molecule has 1 N–H and O–H groups in total. The lowest BCUT2D eigenvalue weighted by Gasteiger charge is -2.32. The van der Waals surface area contributed by atoms with Gasteiger partial charge in [-0.05, 0) is 49.6 Å². The molecule has 1 aliphatic heterocycles. The molecule has 0 bridgehead atoms. The predicted molar refractivity (Wildman–Crippen MR) is 114 cm³/mol. The highest BCUT2D eigenvalue weighted by Gasteiger charge is 2.29. The molecule has 1 aliphatic rings. The third kappa shape index (κ3) is 5.10. The third-order valence-corrected chi connectivity index (χ3v) is 5.74. The Morgan fingerprint density at radius 3 is 2.41 bits per heavy atom. The molecule has 0 aliphatic carbocycles. The van der Waals surface area contributed by atoms with Gasteiger partial charge in [0.15, 0.2) is 0 Å². The third-order valence-electron chi connectivity index (χ3n) is 5.48. The van der Waals surface area contributed by atoms with E-state index in [1.54, 1.807) is 31.4 Å². The van der Waals surface area contributed by atoms with Gasteiger partial charge in [0.1, 0.15) is 5.75 Å². The summed E-state index contributed by atoms with van der Waals surface area (Å²) in [7, 11) is 1.64. The lowest BCUT2D eigenvalue weighted by atomic mass is 9.94. The van der Waals surface area contributed by atoms with Crippen LogP contribution in [-0.2, 0) is 4.79 Å². The highest BCUT2D eigenvalue weighted by molar-refractivity contribution is 6.30. The van der Waals surface area contributed by atoms with Crippen LogP contribution in [0.25, 0.3) is 0 Å². The predicted octanol–water partition coefficient (Wildman–Crippen LogP) is 4.47. The standard InChI is InChI=1S/C23H27ClN2O3/c1-3-20(19-6-4-5-7-21(19)29-2)25-22(27)16-12-14-26(15-13-16)23(28)17-8-10-18(24)11-9-17/h4-11,16,20H,3,12-15H2,1-2H3,(H,25,27). The Morgan fingerprint density at radius 2 is 1.79 bits per heavy atom. The SMILES string of the molecule is CCC(NC(=O)C1CCN(C(=O)c2ccc(Cl)cc2)CC1)c1ccccc1OC. The Hall–Kier alpha value is -2.53. The van der Waals surface area contributed by atoms with E-state index in [1.165, 1.54) is 0 Å². The summed E-state index contributed by atoms with van der Waals surface area (Å²) in [6.45, 7) is 3.20. The zero-order chi connectivity index (χ0) is 20.8. The van der Waals surface area contributed by atoms with Crippen molar-refractivity contribution in [2.24, 2.45) is 5.92 Å². The number of nitrogens with one attached hydrogen (secondary N) is 1. The van der Waals surface area contributed by atoms with Gasteiger partial charge >= 0.3 is 0 Å². The number of hydrogen-bond donors (Lipinski definition) is 1. The number of benzene rings is 2. The van der Waals surface area contributed by atoms with Gasteiger partial charge in [-0.3, -0.25) is 9.59 Å². The van der Waals surface area contributed by atoms with E-state index in [0.29, 0.717) is 36.5 Å². The number of hydrogen-bond acceptors (Lipinski definition) is 3. The van der Waals surface area contributed by atoms with Crippen LogP contribution >= 0.6 is 11.6 Å². The van der Waals surface area contributed by atoms with E-state index in [9.17, 15) is 9.59 Å². The van der Waals surface area contributed by atoms with Crippen LogP contribution in [0, 0.1) is 5.92 Å². The molecule has 2 aromatic rings. The van der Waals surface area contributed by atoms with Crippen LogP contribution in [0.3, 0.4) is 0 Å². The van der Waals surface area contributed by atoms with Crippen LogP contribution in [0.4, 0.5) is 0 Å². The smallest absolute Gasteiger partial charge is 0.253 e. The van der Waals surface area contributed by atoms with Crippen molar-refractivity contribution >= 4 is 23.4 Å². The number of carbonyl (C=O) groups excluding carboxylic acids is 2. The van der Waals surface area contributed by atoms with Crippen LogP contribution in [-0.4, -0.2) is 36.9 Å². The molecule has 1 unspecified atom stereocenters. The maximum Gasteiger partial charge on any atom is 0.253 e. The van der Waals surface area contributed by atoms with Gasteiger partial charge < -0.3 is 15.0 Å². The normalized spacial score (nSPS) is 15.6. The van der Waals surface area contributed by atoms with Crippen LogP contribution in [0.5, 0.6) is 5.75 Å². The summed E-state index contributed by atoms with van der Waals surface area (Å²) in [6, 6.07) is 14.6. The van der Waals surface area contributed by atoms with E-state index < -0.39 is 0 Å². The number of carbonyl (C=O) groups is 2. The average molecular weight is 415 g/mol. The van der Waals surface area contributed by atoms with Crippen molar-refractivity contribution in [1.82, 2.24) is 10.2 Å². The van der Waals surface area contributed by atoms with Crippen molar-refractivity contribution in [3.05, 3.63) is 64.7 Å². The van der Waals surface area contributed by atoms with Crippen LogP contribution in [0.15, 0.2) is 48.5 Å². The lowest BCUT2D eigenvalue weighted by Crippen LogP contribution is -2.43. The summed E-state index contributed by atoms with van der Waals surface area (Å²) in [5.74, 6) is 0.721. The lowest BCUT2D eigenvalue weighted by molar-refractivity contribution is -0.127. The van der Waals surface area contributed by atoms with E-state index >= 15 is 0 Å². The van der Waals surface area contributed by atoms with Gasteiger partial charge in [-0.1, -0.05) is 36.7 Å². The fourth-order valence-corrected chi connectivity index (χ4v) is 3.89. The summed E-state index contributed by atoms with van der Waals surface area (Å²) in [4.78, 5) is 27.3. The first-order valence-electron chi connectivity index (χ1n) is 10.0. The monoisotopic (exact) mass is 414 g/mol. The largest absolute Gasteiger partial charge is 0.496 e. The van der Waals surface area contributed by atoms with Gasteiger partial charge in [-0.15, -0.1) is 0 Å². The number of methoxy groups -OCH3 is 1. The Balaban J connectivity index is 1.58. The van der Waals surface area contributed by atoms with Crippen LogP contribution in [0.2, 0.25) is 5.02 Å². The molecule has 1 heterocycles. The fraction of sp³-hybridized carbons (Fsp3) is 0.391. The molecule has 5 nitrogen and oxygen atoms in total. The van der Waals surface area contributed by atoms with Crippen LogP contribution in [0.1, 0.15) is 48.1 Å². The molecule has 0 aromatic heterocycles. The number of nitrogens with zero attached hydrogens (tertiary/aromatic N) is 1. The highest BCUT2D eigenvalue weighted by Crippen LogP contribution is 2.28. The van der Waals surface area contributed by atoms with E-state index in [4.69, 9.17) is 16.3 Å². The zero-order valence-corrected chi connectivity index (χ0v) is 17.6. The van der Waals surface area contributed by atoms with Crippen molar-refractivity contribution in [3.8, 4) is 5.75 Å². The Bertz CT molecular complexity index is 845. The number of amides is 2. The second-order valence-corrected chi connectivity index (χ2v) is 7.72. The summed E-state index contributed by atoms with van der Waals surface area (Å²) in [5, 5.41) is 3.78. The number of piperidine rings is 1. The van der Waals surface area contributed by atoms with Crippen molar-refractivity contribution in [2.75, 3.05) is 20.2 Å². The Morgan fingerprint density at radius 1 is 1.14 bits per heavy atom. The number of likely N-dealkylation sites (tertiary alicyclic amines) is 1. The fourth-order valence-electron chi connectivity index (χ4n) is 3.76.